The fourth-order valence-electron chi connectivity index (χ4n) is 3.27. The smallest absolute Gasteiger partial charge is 0.404 e. The molecule has 1 aliphatic carbocycles. The fraction of sp³-hybridized carbons (Fsp3) is 0.500. The van der Waals surface area contributed by atoms with Crippen molar-refractivity contribution in [2.45, 2.75) is 5.41 Å². The molecule has 1 aromatic rings. The Balaban J connectivity index is 1.90. The summed E-state index contributed by atoms with van der Waals surface area (Å²) in [5.41, 5.74) is 0.731. The highest BCUT2D eigenvalue weighted by molar-refractivity contribution is 6.29. The maximum absolute atomic E-state index is 10.7. The minimum Gasteiger partial charge on any atom is -0.465 e. The summed E-state index contributed by atoms with van der Waals surface area (Å²) in [6.07, 6.45) is -0.991. The highest BCUT2D eigenvalue weighted by Crippen LogP contribution is 2.60. The van der Waals surface area contributed by atoms with Crippen molar-refractivity contribution in [3.05, 3.63) is 29.0 Å². The van der Waals surface area contributed by atoms with Crippen molar-refractivity contribution in [2.24, 2.45) is 11.8 Å². The first-order valence-corrected chi connectivity index (χ1v) is 6.33. The number of rotatable bonds is 3. The predicted octanol–water partition coefficient (Wildman–Crippen LogP) is 1.09. The quantitative estimate of drug-likeness (QED) is 0.717. The normalized spacial score (nSPS) is 32.9. The van der Waals surface area contributed by atoms with E-state index in [-0.39, 0.29) is 5.41 Å². The summed E-state index contributed by atoms with van der Waals surface area (Å²) in [5, 5.41) is 15.1. The number of aromatic nitrogens is 1. The van der Waals surface area contributed by atoms with Crippen molar-refractivity contribution in [1.82, 2.24) is 15.6 Å². The summed E-state index contributed by atoms with van der Waals surface area (Å²) in [7, 11) is 0. The number of carboxylic acid groups (broad SMARTS) is 1. The lowest BCUT2D eigenvalue weighted by atomic mass is 9.95. The Labute approximate surface area is 110 Å². The molecule has 2 aliphatic rings. The van der Waals surface area contributed by atoms with Gasteiger partial charge in [-0.15, -0.1) is 0 Å². The summed E-state index contributed by atoms with van der Waals surface area (Å²) in [5.74, 6) is 0.908. The molecule has 3 N–H and O–H groups in total. The van der Waals surface area contributed by atoms with Crippen LogP contribution in [0.2, 0.25) is 5.15 Å². The lowest BCUT2D eigenvalue weighted by Gasteiger charge is -2.20. The Kier molecular flexibility index (Phi) is 2.68. The average Bonchev–Trinajstić information content (AvgIpc) is 2.70. The van der Waals surface area contributed by atoms with Crippen LogP contribution in [0.1, 0.15) is 5.69 Å². The second-order valence-electron chi connectivity index (χ2n) is 4.92. The number of hydrogen-bond donors (Lipinski definition) is 3. The molecule has 0 radical (unpaired) electrons. The molecule has 1 aromatic heterocycles. The van der Waals surface area contributed by atoms with E-state index in [1.54, 1.807) is 6.07 Å². The first-order valence-electron chi connectivity index (χ1n) is 5.95. The van der Waals surface area contributed by atoms with Gasteiger partial charge in [0.1, 0.15) is 5.15 Å². The number of halogens is 1. The van der Waals surface area contributed by atoms with Gasteiger partial charge in [0.15, 0.2) is 0 Å². The molecule has 1 saturated heterocycles. The van der Waals surface area contributed by atoms with E-state index >= 15 is 0 Å². The molecule has 6 heteroatoms. The van der Waals surface area contributed by atoms with Crippen LogP contribution in [0.4, 0.5) is 4.79 Å². The topological polar surface area (TPSA) is 74.2 Å². The standard InChI is InChI=1S/C12H14ClN3O2/c13-10-3-1-2-9(16-10)12(6-15-11(17)18)7-4-14-5-8(7)12/h1-3,7-8,14-15H,4-6H2,(H,17,18)/t7-,8+,12-. The molecule has 0 bridgehead atoms. The van der Waals surface area contributed by atoms with Crippen molar-refractivity contribution < 1.29 is 9.90 Å². The van der Waals surface area contributed by atoms with E-state index in [1.807, 2.05) is 12.1 Å². The van der Waals surface area contributed by atoms with Crippen LogP contribution in [0.15, 0.2) is 18.2 Å². The van der Waals surface area contributed by atoms with E-state index < -0.39 is 6.09 Å². The van der Waals surface area contributed by atoms with Crippen molar-refractivity contribution in [1.29, 1.82) is 0 Å². The van der Waals surface area contributed by atoms with E-state index in [2.05, 4.69) is 15.6 Å². The summed E-state index contributed by atoms with van der Waals surface area (Å²) in [6, 6.07) is 5.54. The van der Waals surface area contributed by atoms with Gasteiger partial charge in [0.2, 0.25) is 0 Å². The molecule has 0 spiro atoms. The third kappa shape index (κ3) is 1.66. The number of fused-ring (bicyclic) bond motifs is 1. The number of carbonyl (C=O) groups is 1. The average molecular weight is 268 g/mol. The van der Waals surface area contributed by atoms with Crippen LogP contribution in [-0.2, 0) is 5.41 Å². The molecule has 96 valence electrons. The van der Waals surface area contributed by atoms with Gasteiger partial charge in [0.25, 0.3) is 0 Å². The summed E-state index contributed by atoms with van der Waals surface area (Å²) >= 11 is 5.93. The monoisotopic (exact) mass is 267 g/mol. The minimum absolute atomic E-state index is 0.172. The third-order valence-corrected chi connectivity index (χ3v) is 4.36. The second kappa shape index (κ2) is 4.10. The molecule has 1 amide bonds. The van der Waals surface area contributed by atoms with Crippen LogP contribution in [0.3, 0.4) is 0 Å². The Bertz CT molecular complexity index is 484. The molecular formula is C12H14ClN3O2. The zero-order valence-electron chi connectivity index (χ0n) is 9.69. The third-order valence-electron chi connectivity index (χ3n) is 4.15. The number of hydrogen-bond acceptors (Lipinski definition) is 3. The van der Waals surface area contributed by atoms with E-state index in [9.17, 15) is 4.79 Å². The number of pyridine rings is 1. The summed E-state index contributed by atoms with van der Waals surface area (Å²) < 4.78 is 0. The molecule has 2 heterocycles. The lowest BCUT2D eigenvalue weighted by Crippen LogP contribution is -2.37. The van der Waals surface area contributed by atoms with Crippen molar-refractivity contribution in [2.75, 3.05) is 19.6 Å². The maximum Gasteiger partial charge on any atom is 0.404 e. The van der Waals surface area contributed by atoms with E-state index in [0.29, 0.717) is 23.5 Å². The highest BCUT2D eigenvalue weighted by atomic mass is 35.5. The van der Waals surface area contributed by atoms with Gasteiger partial charge in [-0.2, -0.15) is 0 Å². The molecule has 0 unspecified atom stereocenters. The van der Waals surface area contributed by atoms with Crippen LogP contribution >= 0.6 is 11.6 Å². The first-order chi connectivity index (χ1) is 8.64. The van der Waals surface area contributed by atoms with Crippen molar-refractivity contribution >= 4 is 17.7 Å². The van der Waals surface area contributed by atoms with Gasteiger partial charge >= 0.3 is 6.09 Å². The molecular weight excluding hydrogens is 254 g/mol. The number of piperidine rings is 1. The Morgan fingerprint density at radius 3 is 2.89 bits per heavy atom. The lowest BCUT2D eigenvalue weighted by molar-refractivity contribution is 0.192. The molecule has 0 aromatic carbocycles. The Morgan fingerprint density at radius 2 is 2.28 bits per heavy atom. The molecule has 3 rings (SSSR count). The van der Waals surface area contributed by atoms with Gasteiger partial charge < -0.3 is 15.7 Å². The van der Waals surface area contributed by atoms with Crippen LogP contribution in [0.25, 0.3) is 0 Å². The predicted molar refractivity (Wildman–Crippen MR) is 66.8 cm³/mol. The molecule has 1 saturated carbocycles. The Hall–Kier alpha value is -1.33. The van der Waals surface area contributed by atoms with Gasteiger partial charge in [-0.1, -0.05) is 17.7 Å². The molecule has 1 aliphatic heterocycles. The van der Waals surface area contributed by atoms with Crippen LogP contribution in [0.5, 0.6) is 0 Å². The zero-order valence-corrected chi connectivity index (χ0v) is 10.4. The fourth-order valence-corrected chi connectivity index (χ4v) is 3.43. The summed E-state index contributed by atoms with van der Waals surface area (Å²) in [6.45, 7) is 2.24. The van der Waals surface area contributed by atoms with Gasteiger partial charge in [-0.05, 0) is 37.1 Å². The minimum atomic E-state index is -0.991. The van der Waals surface area contributed by atoms with Gasteiger partial charge in [0, 0.05) is 12.0 Å². The number of nitrogens with zero attached hydrogens (tertiary/aromatic N) is 1. The highest BCUT2D eigenvalue weighted by Gasteiger charge is 2.67. The number of amides is 1. The second-order valence-corrected chi connectivity index (χ2v) is 5.30. The Morgan fingerprint density at radius 1 is 1.56 bits per heavy atom. The first kappa shape index (κ1) is 11.7. The van der Waals surface area contributed by atoms with E-state index in [1.165, 1.54) is 0 Å². The zero-order chi connectivity index (χ0) is 12.8. The molecule has 3 atom stereocenters. The van der Waals surface area contributed by atoms with Gasteiger partial charge in [0.05, 0.1) is 5.69 Å². The van der Waals surface area contributed by atoms with Crippen molar-refractivity contribution in [3.8, 4) is 0 Å². The molecule has 5 nitrogen and oxygen atoms in total. The maximum atomic E-state index is 10.7. The number of nitrogens with one attached hydrogen (secondary N) is 2. The van der Waals surface area contributed by atoms with Gasteiger partial charge in [-0.3, -0.25) is 0 Å². The van der Waals surface area contributed by atoms with Crippen LogP contribution < -0.4 is 10.6 Å². The largest absolute Gasteiger partial charge is 0.465 e. The van der Waals surface area contributed by atoms with Crippen molar-refractivity contribution in [3.63, 3.8) is 0 Å². The van der Waals surface area contributed by atoms with Crippen LogP contribution in [0, 0.1) is 11.8 Å². The van der Waals surface area contributed by atoms with Gasteiger partial charge in [-0.25, -0.2) is 9.78 Å². The van der Waals surface area contributed by atoms with E-state index in [4.69, 9.17) is 16.7 Å². The SMILES string of the molecule is O=C(O)NC[C@@]1(c2cccc(Cl)n2)[C@@H]2CNC[C@@H]21. The molecule has 2 fully saturated rings. The van der Waals surface area contributed by atoms with Crippen LogP contribution in [-0.4, -0.2) is 35.8 Å². The molecule has 18 heavy (non-hydrogen) atoms. The summed E-state index contributed by atoms with van der Waals surface area (Å²) in [4.78, 5) is 15.1. The van der Waals surface area contributed by atoms with E-state index in [0.717, 1.165) is 18.8 Å².